The Morgan fingerprint density at radius 2 is 1.64 bits per heavy atom. The molecule has 0 N–H and O–H groups in total. The van der Waals surface area contributed by atoms with Crippen molar-refractivity contribution in [1.29, 1.82) is 0 Å². The van der Waals surface area contributed by atoms with E-state index in [2.05, 4.69) is 43.0 Å². The van der Waals surface area contributed by atoms with Crippen molar-refractivity contribution in [2.24, 2.45) is 0 Å². The number of hydrogen-bond donors (Lipinski definition) is 0. The minimum absolute atomic E-state index is 0.0189. The SMILES string of the molecule is Cc1cccc(/C=C2/Sc3ccc(C(=O)N4CCN(c5cccc(C)c5C)CC4)cc3N(C)C2=O)c1. The van der Waals surface area contributed by atoms with Gasteiger partial charge in [-0.15, -0.1) is 0 Å². The fourth-order valence-corrected chi connectivity index (χ4v) is 5.94. The Labute approximate surface area is 217 Å². The Bertz CT molecular complexity index is 1370. The number of aryl methyl sites for hydroxylation is 2. The Morgan fingerprint density at radius 3 is 2.39 bits per heavy atom. The van der Waals surface area contributed by atoms with Gasteiger partial charge in [-0.1, -0.05) is 53.7 Å². The van der Waals surface area contributed by atoms with Crippen LogP contribution in [-0.4, -0.2) is 49.9 Å². The third-order valence-electron chi connectivity index (χ3n) is 7.13. The molecule has 0 spiro atoms. The van der Waals surface area contributed by atoms with Gasteiger partial charge in [0, 0.05) is 49.4 Å². The molecule has 2 aliphatic heterocycles. The van der Waals surface area contributed by atoms with E-state index in [1.807, 2.05) is 54.3 Å². The number of hydrogen-bond acceptors (Lipinski definition) is 4. The summed E-state index contributed by atoms with van der Waals surface area (Å²) in [5.41, 5.74) is 7.41. The Morgan fingerprint density at radius 1 is 0.889 bits per heavy atom. The number of amides is 2. The molecule has 2 aliphatic rings. The monoisotopic (exact) mass is 497 g/mol. The highest BCUT2D eigenvalue weighted by Gasteiger charge is 2.29. The van der Waals surface area contributed by atoms with Crippen LogP contribution in [-0.2, 0) is 4.79 Å². The van der Waals surface area contributed by atoms with Crippen molar-refractivity contribution in [3.05, 3.63) is 93.4 Å². The van der Waals surface area contributed by atoms with Crippen LogP contribution in [0.5, 0.6) is 0 Å². The number of piperazine rings is 1. The molecule has 0 aliphatic carbocycles. The number of rotatable bonds is 3. The second-order valence-corrected chi connectivity index (χ2v) is 10.7. The molecule has 3 aromatic carbocycles. The summed E-state index contributed by atoms with van der Waals surface area (Å²) in [4.78, 5) is 34.1. The van der Waals surface area contributed by atoms with Gasteiger partial charge in [0.15, 0.2) is 0 Å². The first-order valence-electron chi connectivity index (χ1n) is 12.3. The molecule has 0 saturated carbocycles. The molecule has 3 aromatic rings. The summed E-state index contributed by atoms with van der Waals surface area (Å²) in [5, 5.41) is 0. The minimum atomic E-state index is -0.0549. The highest BCUT2D eigenvalue weighted by Crippen LogP contribution is 2.42. The van der Waals surface area contributed by atoms with Crippen LogP contribution in [0, 0.1) is 20.8 Å². The first kappa shape index (κ1) is 24.2. The van der Waals surface area contributed by atoms with Crippen molar-refractivity contribution in [3.8, 4) is 0 Å². The predicted molar refractivity (Wildman–Crippen MR) is 149 cm³/mol. The van der Waals surface area contributed by atoms with Gasteiger partial charge in [-0.3, -0.25) is 9.59 Å². The molecule has 184 valence electrons. The highest BCUT2D eigenvalue weighted by molar-refractivity contribution is 8.04. The van der Waals surface area contributed by atoms with E-state index >= 15 is 0 Å². The normalized spacial score (nSPS) is 16.9. The van der Waals surface area contributed by atoms with Crippen molar-refractivity contribution in [3.63, 3.8) is 0 Å². The third kappa shape index (κ3) is 4.65. The van der Waals surface area contributed by atoms with Crippen LogP contribution >= 0.6 is 11.8 Å². The lowest BCUT2D eigenvalue weighted by Crippen LogP contribution is -2.49. The highest BCUT2D eigenvalue weighted by atomic mass is 32.2. The predicted octanol–water partition coefficient (Wildman–Crippen LogP) is 5.68. The zero-order valence-corrected chi connectivity index (χ0v) is 22.1. The molecular weight excluding hydrogens is 466 g/mol. The maximum absolute atomic E-state index is 13.4. The van der Waals surface area contributed by atoms with Crippen molar-refractivity contribution in [2.75, 3.05) is 43.0 Å². The smallest absolute Gasteiger partial charge is 0.264 e. The van der Waals surface area contributed by atoms with E-state index in [-0.39, 0.29) is 11.8 Å². The van der Waals surface area contributed by atoms with Crippen LogP contribution in [0.1, 0.15) is 32.6 Å². The van der Waals surface area contributed by atoms with Crippen LogP contribution in [0.3, 0.4) is 0 Å². The summed E-state index contributed by atoms with van der Waals surface area (Å²) in [6, 6.07) is 20.2. The van der Waals surface area contributed by atoms with E-state index in [0.29, 0.717) is 23.6 Å². The molecule has 0 bridgehead atoms. The lowest BCUT2D eigenvalue weighted by molar-refractivity contribution is -0.114. The van der Waals surface area contributed by atoms with Crippen LogP contribution in [0.25, 0.3) is 6.08 Å². The van der Waals surface area contributed by atoms with Gasteiger partial charge < -0.3 is 14.7 Å². The second-order valence-electron chi connectivity index (χ2n) is 9.57. The number of nitrogens with zero attached hydrogens (tertiary/aromatic N) is 3. The number of carbonyl (C=O) groups is 2. The molecule has 1 fully saturated rings. The number of anilines is 2. The van der Waals surface area contributed by atoms with Crippen LogP contribution in [0.15, 0.2) is 70.5 Å². The number of thioether (sulfide) groups is 1. The van der Waals surface area contributed by atoms with E-state index in [0.717, 1.165) is 34.8 Å². The summed E-state index contributed by atoms with van der Waals surface area (Å²) in [6.45, 7) is 9.31. The number of likely N-dealkylation sites (N-methyl/N-ethyl adjacent to an activating group) is 1. The summed E-state index contributed by atoms with van der Waals surface area (Å²) in [5.74, 6) is -0.0360. The molecular formula is C30H31N3O2S. The van der Waals surface area contributed by atoms with E-state index in [1.54, 1.807) is 11.9 Å². The van der Waals surface area contributed by atoms with E-state index in [4.69, 9.17) is 0 Å². The molecule has 5 rings (SSSR count). The van der Waals surface area contributed by atoms with Gasteiger partial charge in [-0.2, -0.15) is 0 Å². The molecule has 1 saturated heterocycles. The third-order valence-corrected chi connectivity index (χ3v) is 8.20. The lowest BCUT2D eigenvalue weighted by atomic mass is 10.1. The van der Waals surface area contributed by atoms with Gasteiger partial charge in [-0.05, 0) is 67.8 Å². The van der Waals surface area contributed by atoms with Gasteiger partial charge in [0.05, 0.1) is 10.6 Å². The zero-order chi connectivity index (χ0) is 25.4. The number of carbonyl (C=O) groups excluding carboxylic acids is 2. The summed E-state index contributed by atoms with van der Waals surface area (Å²) in [6.07, 6.45) is 1.94. The second kappa shape index (κ2) is 9.86. The van der Waals surface area contributed by atoms with Crippen LogP contribution in [0.4, 0.5) is 11.4 Å². The molecule has 6 heteroatoms. The fraction of sp³-hybridized carbons (Fsp3) is 0.267. The standard InChI is InChI=1S/C30H31N3O2S/c1-20-7-5-9-23(17-20)18-28-30(35)31(4)26-19-24(11-12-27(26)36-28)29(34)33-15-13-32(14-16-33)25-10-6-8-21(2)22(25)3/h5-12,17-19H,13-16H2,1-4H3/b28-18+. The van der Waals surface area contributed by atoms with Crippen LogP contribution < -0.4 is 9.80 Å². The van der Waals surface area contributed by atoms with Crippen molar-refractivity contribution in [2.45, 2.75) is 25.7 Å². The Balaban J connectivity index is 1.31. The van der Waals surface area contributed by atoms with E-state index in [9.17, 15) is 9.59 Å². The van der Waals surface area contributed by atoms with Gasteiger partial charge in [-0.25, -0.2) is 0 Å². The maximum Gasteiger partial charge on any atom is 0.264 e. The molecule has 5 nitrogen and oxygen atoms in total. The molecule has 2 heterocycles. The lowest BCUT2D eigenvalue weighted by Gasteiger charge is -2.37. The van der Waals surface area contributed by atoms with Crippen LogP contribution in [0.2, 0.25) is 0 Å². The average Bonchev–Trinajstić information content (AvgIpc) is 2.88. The summed E-state index contributed by atoms with van der Waals surface area (Å²) in [7, 11) is 1.78. The van der Waals surface area contributed by atoms with Gasteiger partial charge >= 0.3 is 0 Å². The van der Waals surface area contributed by atoms with Gasteiger partial charge in [0.2, 0.25) is 0 Å². The largest absolute Gasteiger partial charge is 0.368 e. The first-order chi connectivity index (χ1) is 17.3. The summed E-state index contributed by atoms with van der Waals surface area (Å²) >= 11 is 1.46. The first-order valence-corrected chi connectivity index (χ1v) is 13.1. The van der Waals surface area contributed by atoms with Crippen molar-refractivity contribution in [1.82, 2.24) is 4.90 Å². The summed E-state index contributed by atoms with van der Waals surface area (Å²) < 4.78 is 0. The quantitative estimate of drug-likeness (QED) is 0.437. The minimum Gasteiger partial charge on any atom is -0.368 e. The maximum atomic E-state index is 13.4. The molecule has 0 atom stereocenters. The fourth-order valence-electron chi connectivity index (χ4n) is 4.85. The van der Waals surface area contributed by atoms with Crippen molar-refractivity contribution >= 4 is 41.0 Å². The Hall–Kier alpha value is -3.51. The molecule has 0 radical (unpaired) electrons. The Kier molecular flexibility index (Phi) is 6.63. The molecule has 0 aromatic heterocycles. The van der Waals surface area contributed by atoms with Crippen molar-refractivity contribution < 1.29 is 9.59 Å². The zero-order valence-electron chi connectivity index (χ0n) is 21.2. The van der Waals surface area contributed by atoms with E-state index in [1.165, 1.54) is 28.6 Å². The van der Waals surface area contributed by atoms with Gasteiger partial charge in [0.25, 0.3) is 11.8 Å². The topological polar surface area (TPSA) is 43.9 Å². The molecule has 2 amide bonds. The van der Waals surface area contributed by atoms with Gasteiger partial charge in [0.1, 0.15) is 0 Å². The number of fused-ring (bicyclic) bond motifs is 1. The molecule has 36 heavy (non-hydrogen) atoms. The molecule has 0 unspecified atom stereocenters. The number of benzene rings is 3. The van der Waals surface area contributed by atoms with E-state index < -0.39 is 0 Å². The average molecular weight is 498 g/mol.